The number of rotatable bonds is 2. The van der Waals surface area contributed by atoms with Crippen LogP contribution in [0.5, 0.6) is 5.75 Å². The number of carbonyl (C=O) groups is 1. The molecule has 4 nitrogen and oxygen atoms in total. The summed E-state index contributed by atoms with van der Waals surface area (Å²) >= 11 is 0. The lowest BCUT2D eigenvalue weighted by atomic mass is 9.85. The van der Waals surface area contributed by atoms with E-state index in [2.05, 4.69) is 0 Å². The molecule has 23 heavy (non-hydrogen) atoms. The molecule has 0 saturated carbocycles. The summed E-state index contributed by atoms with van der Waals surface area (Å²) in [5.41, 5.74) is -0.375. The molecule has 0 atom stereocenters. The molecule has 0 N–H and O–H groups in total. The predicted molar refractivity (Wildman–Crippen MR) is 87.6 cm³/mol. The van der Waals surface area contributed by atoms with Gasteiger partial charge in [0.05, 0.1) is 7.11 Å². The van der Waals surface area contributed by atoms with Gasteiger partial charge in [-0.1, -0.05) is 12.1 Å². The zero-order chi connectivity index (χ0) is 17.3. The van der Waals surface area contributed by atoms with Crippen LogP contribution in [0.3, 0.4) is 0 Å². The zero-order valence-electron chi connectivity index (χ0n) is 14.6. The first-order valence-corrected chi connectivity index (χ1v) is 7.96. The molecule has 1 amide bonds. The third-order valence-corrected chi connectivity index (χ3v) is 4.13. The van der Waals surface area contributed by atoms with E-state index in [9.17, 15) is 4.79 Å². The maximum atomic E-state index is 15.3. The predicted octanol–water partition coefficient (Wildman–Crippen LogP) is 4.20. The Balaban J connectivity index is 2.06. The Morgan fingerprint density at radius 2 is 1.87 bits per heavy atom. The first-order chi connectivity index (χ1) is 10.6. The molecule has 1 aliphatic heterocycles. The van der Waals surface area contributed by atoms with Gasteiger partial charge in [-0.3, -0.25) is 0 Å². The number of methoxy groups -OCH3 is 1. The van der Waals surface area contributed by atoms with Crippen LogP contribution in [-0.2, 0) is 10.4 Å². The third-order valence-electron chi connectivity index (χ3n) is 4.13. The van der Waals surface area contributed by atoms with Crippen LogP contribution < -0.4 is 4.74 Å². The normalized spacial score (nSPS) is 17.7. The highest BCUT2D eigenvalue weighted by Crippen LogP contribution is 2.39. The molecule has 1 saturated heterocycles. The molecular weight excluding hydrogens is 297 g/mol. The number of benzene rings is 1. The fraction of sp³-hybridized carbons (Fsp3) is 0.611. The molecule has 0 aromatic heterocycles. The van der Waals surface area contributed by atoms with Crippen LogP contribution in [0.1, 0.15) is 44.7 Å². The smallest absolute Gasteiger partial charge is 0.410 e. The van der Waals surface area contributed by atoms with E-state index in [1.54, 1.807) is 24.1 Å². The first-order valence-electron chi connectivity index (χ1n) is 7.96. The van der Waals surface area contributed by atoms with E-state index in [0.29, 0.717) is 24.4 Å². The second-order valence-corrected chi connectivity index (χ2v) is 7.12. The highest BCUT2D eigenvalue weighted by atomic mass is 19.1. The molecule has 1 aliphatic rings. The third kappa shape index (κ3) is 4.15. The lowest BCUT2D eigenvalue weighted by Gasteiger charge is -2.37. The Bertz CT molecular complexity index is 572. The Morgan fingerprint density at radius 3 is 2.39 bits per heavy atom. The van der Waals surface area contributed by atoms with Gasteiger partial charge in [0, 0.05) is 25.9 Å². The maximum Gasteiger partial charge on any atom is 0.410 e. The molecular formula is C18H26FNO3. The minimum absolute atomic E-state index is 0.262. The van der Waals surface area contributed by atoms with Crippen molar-refractivity contribution in [1.29, 1.82) is 0 Å². The molecule has 1 heterocycles. The van der Waals surface area contributed by atoms with Crippen LogP contribution in [0.25, 0.3) is 0 Å². The van der Waals surface area contributed by atoms with Crippen LogP contribution in [-0.4, -0.2) is 36.8 Å². The van der Waals surface area contributed by atoms with Crippen molar-refractivity contribution in [2.24, 2.45) is 0 Å². The van der Waals surface area contributed by atoms with Crippen molar-refractivity contribution in [3.8, 4) is 5.75 Å². The minimum Gasteiger partial charge on any atom is -0.496 e. The van der Waals surface area contributed by atoms with Gasteiger partial charge < -0.3 is 14.4 Å². The van der Waals surface area contributed by atoms with Gasteiger partial charge in [0.25, 0.3) is 0 Å². The highest BCUT2D eigenvalue weighted by Gasteiger charge is 2.38. The number of piperidine rings is 1. The summed E-state index contributed by atoms with van der Waals surface area (Å²) in [7, 11) is 1.59. The van der Waals surface area contributed by atoms with Crippen molar-refractivity contribution in [3.05, 3.63) is 29.3 Å². The molecule has 5 heteroatoms. The average molecular weight is 323 g/mol. The van der Waals surface area contributed by atoms with Gasteiger partial charge in [0.15, 0.2) is 0 Å². The maximum absolute atomic E-state index is 15.3. The highest BCUT2D eigenvalue weighted by molar-refractivity contribution is 5.68. The Kier molecular flexibility index (Phi) is 4.87. The standard InChI is InChI=1S/C18H26FNO3/c1-13-6-7-14(12-15(13)22-5)18(19)8-10-20(11-9-18)16(21)23-17(2,3)4/h6-7,12H,8-11H2,1-5H3. The summed E-state index contributed by atoms with van der Waals surface area (Å²) in [6.07, 6.45) is 0.151. The number of hydrogen-bond acceptors (Lipinski definition) is 3. The van der Waals surface area contributed by atoms with Crippen LogP contribution in [0.15, 0.2) is 18.2 Å². The van der Waals surface area contributed by atoms with Crippen LogP contribution in [0.4, 0.5) is 9.18 Å². The zero-order valence-corrected chi connectivity index (χ0v) is 14.6. The average Bonchev–Trinajstić information content (AvgIpc) is 2.46. The second kappa shape index (κ2) is 6.38. The number of halogens is 1. The first kappa shape index (κ1) is 17.6. The number of carbonyl (C=O) groups excluding carboxylic acids is 1. The molecule has 0 radical (unpaired) electrons. The summed E-state index contributed by atoms with van der Waals surface area (Å²) in [6, 6.07) is 5.44. The second-order valence-electron chi connectivity index (χ2n) is 7.12. The SMILES string of the molecule is COc1cc(C2(F)CCN(C(=O)OC(C)(C)C)CC2)ccc1C. The number of nitrogens with zero attached hydrogens (tertiary/aromatic N) is 1. The van der Waals surface area contributed by atoms with Crippen molar-refractivity contribution in [1.82, 2.24) is 4.90 Å². The van der Waals surface area contributed by atoms with Gasteiger partial charge in [0.1, 0.15) is 17.0 Å². The molecule has 0 spiro atoms. The number of amides is 1. The van der Waals surface area contributed by atoms with Crippen LogP contribution in [0, 0.1) is 6.92 Å². The summed E-state index contributed by atoms with van der Waals surface area (Å²) in [4.78, 5) is 13.6. The summed E-state index contributed by atoms with van der Waals surface area (Å²) in [6.45, 7) is 8.11. The van der Waals surface area contributed by atoms with Crippen molar-refractivity contribution in [2.75, 3.05) is 20.2 Å². The van der Waals surface area contributed by atoms with Crippen molar-refractivity contribution in [3.63, 3.8) is 0 Å². The Labute approximate surface area is 137 Å². The number of ether oxygens (including phenoxy) is 2. The number of likely N-dealkylation sites (tertiary alicyclic amines) is 1. The topological polar surface area (TPSA) is 38.8 Å². The summed E-state index contributed by atoms with van der Waals surface area (Å²) < 4.78 is 25.9. The van der Waals surface area contributed by atoms with E-state index in [-0.39, 0.29) is 18.9 Å². The quantitative estimate of drug-likeness (QED) is 0.819. The summed E-state index contributed by atoms with van der Waals surface area (Å²) in [5, 5.41) is 0. The molecule has 128 valence electrons. The van der Waals surface area contributed by atoms with Gasteiger partial charge in [-0.25, -0.2) is 9.18 Å². The fourth-order valence-corrected chi connectivity index (χ4v) is 2.76. The molecule has 2 rings (SSSR count). The number of aryl methyl sites for hydroxylation is 1. The summed E-state index contributed by atoms with van der Waals surface area (Å²) in [5.74, 6) is 0.689. The Morgan fingerprint density at radius 1 is 1.26 bits per heavy atom. The molecule has 0 aliphatic carbocycles. The number of hydrogen-bond donors (Lipinski definition) is 0. The molecule has 0 unspecified atom stereocenters. The van der Waals surface area contributed by atoms with E-state index in [0.717, 1.165) is 5.56 Å². The van der Waals surface area contributed by atoms with Crippen LogP contribution in [0.2, 0.25) is 0 Å². The monoisotopic (exact) mass is 323 g/mol. The van der Waals surface area contributed by atoms with E-state index in [1.165, 1.54) is 0 Å². The number of alkyl halides is 1. The fourth-order valence-electron chi connectivity index (χ4n) is 2.76. The van der Waals surface area contributed by atoms with Gasteiger partial charge in [-0.15, -0.1) is 0 Å². The molecule has 1 aromatic carbocycles. The van der Waals surface area contributed by atoms with Crippen molar-refractivity contribution >= 4 is 6.09 Å². The van der Waals surface area contributed by atoms with Gasteiger partial charge in [0.2, 0.25) is 0 Å². The van der Waals surface area contributed by atoms with Crippen molar-refractivity contribution < 1.29 is 18.7 Å². The minimum atomic E-state index is -1.43. The largest absolute Gasteiger partial charge is 0.496 e. The van der Waals surface area contributed by atoms with E-state index in [1.807, 2.05) is 33.8 Å². The van der Waals surface area contributed by atoms with E-state index >= 15 is 4.39 Å². The lowest BCUT2D eigenvalue weighted by Crippen LogP contribution is -2.45. The van der Waals surface area contributed by atoms with E-state index in [4.69, 9.17) is 9.47 Å². The molecule has 0 bridgehead atoms. The lowest BCUT2D eigenvalue weighted by molar-refractivity contribution is 0.00216. The van der Waals surface area contributed by atoms with Crippen molar-refractivity contribution in [2.45, 2.75) is 51.8 Å². The van der Waals surface area contributed by atoms with Gasteiger partial charge >= 0.3 is 6.09 Å². The Hall–Kier alpha value is -1.78. The van der Waals surface area contributed by atoms with Crippen LogP contribution >= 0.6 is 0 Å². The molecule has 1 fully saturated rings. The van der Waals surface area contributed by atoms with Gasteiger partial charge in [-0.2, -0.15) is 0 Å². The van der Waals surface area contributed by atoms with E-state index < -0.39 is 11.3 Å². The molecule has 1 aromatic rings. The van der Waals surface area contributed by atoms with Gasteiger partial charge in [-0.05, 0) is 44.9 Å².